The van der Waals surface area contributed by atoms with Crippen molar-refractivity contribution in [3.8, 4) is 0 Å². The van der Waals surface area contributed by atoms with Crippen LogP contribution in [-0.2, 0) is 22.0 Å². The maximum Gasteiger partial charge on any atom is 0.419 e. The number of carboxylic acid groups (broad SMARTS) is 1. The van der Waals surface area contributed by atoms with Crippen LogP contribution < -0.4 is 5.76 Å². The topological polar surface area (TPSA) is 81.7 Å². The molecule has 0 unspecified atom stereocenters. The number of aromatic nitrogens is 1. The van der Waals surface area contributed by atoms with Gasteiger partial charge in [0.05, 0.1) is 18.7 Å². The predicted molar refractivity (Wildman–Crippen MR) is 61.6 cm³/mol. The van der Waals surface area contributed by atoms with Crippen LogP contribution in [0.5, 0.6) is 0 Å². The Bertz CT molecular complexity index is 692. The summed E-state index contributed by atoms with van der Waals surface area (Å²) in [6.07, 6.45) is 0. The van der Waals surface area contributed by atoms with Crippen LogP contribution in [0, 0.1) is 0 Å². The molecule has 0 amide bonds. The van der Waals surface area contributed by atoms with Crippen molar-refractivity contribution in [1.82, 2.24) is 4.57 Å². The van der Waals surface area contributed by atoms with E-state index in [0.29, 0.717) is 16.7 Å². The lowest BCUT2D eigenvalue weighted by atomic mass is 9.78. The molecular formula is C12H11NO5. The molecule has 1 saturated heterocycles. The Morgan fingerprint density at radius 1 is 1.44 bits per heavy atom. The van der Waals surface area contributed by atoms with E-state index in [9.17, 15) is 14.7 Å². The third-order valence-electron chi connectivity index (χ3n) is 3.45. The lowest BCUT2D eigenvalue weighted by molar-refractivity contribution is -0.163. The van der Waals surface area contributed by atoms with Gasteiger partial charge in [-0.15, -0.1) is 0 Å². The summed E-state index contributed by atoms with van der Waals surface area (Å²) in [5, 5.41) is 9.29. The number of hydrogen-bond donors (Lipinski definition) is 1. The molecular weight excluding hydrogens is 238 g/mol. The molecule has 1 N–H and O–H groups in total. The number of carboxylic acids is 1. The molecule has 3 rings (SSSR count). The summed E-state index contributed by atoms with van der Waals surface area (Å²) >= 11 is 0. The molecule has 0 atom stereocenters. The van der Waals surface area contributed by atoms with Crippen LogP contribution >= 0.6 is 0 Å². The number of nitrogens with zero attached hydrogens (tertiary/aromatic N) is 1. The quantitative estimate of drug-likeness (QED) is 0.837. The third-order valence-corrected chi connectivity index (χ3v) is 3.45. The molecule has 0 bridgehead atoms. The van der Waals surface area contributed by atoms with Gasteiger partial charge in [0.15, 0.2) is 5.58 Å². The summed E-state index contributed by atoms with van der Waals surface area (Å²) in [6, 6.07) is 5.00. The van der Waals surface area contributed by atoms with E-state index in [0.717, 1.165) is 0 Å². The van der Waals surface area contributed by atoms with E-state index in [1.807, 2.05) is 0 Å². The van der Waals surface area contributed by atoms with Gasteiger partial charge in [0.25, 0.3) is 0 Å². The highest BCUT2D eigenvalue weighted by Crippen LogP contribution is 2.34. The van der Waals surface area contributed by atoms with Gasteiger partial charge in [0.2, 0.25) is 0 Å². The second-order valence-corrected chi connectivity index (χ2v) is 4.49. The van der Waals surface area contributed by atoms with Gasteiger partial charge in [0, 0.05) is 7.05 Å². The SMILES string of the molecule is Cn1c(=O)oc2cc(C3(C(=O)O)COC3)ccc21. The number of oxazole rings is 1. The van der Waals surface area contributed by atoms with Gasteiger partial charge in [-0.05, 0) is 17.7 Å². The third kappa shape index (κ3) is 1.26. The van der Waals surface area contributed by atoms with Gasteiger partial charge >= 0.3 is 11.7 Å². The molecule has 0 radical (unpaired) electrons. The molecule has 1 aliphatic rings. The number of aliphatic carboxylic acids is 1. The highest BCUT2D eigenvalue weighted by atomic mass is 16.5. The molecule has 1 fully saturated rings. The molecule has 2 heterocycles. The number of rotatable bonds is 2. The van der Waals surface area contributed by atoms with Crippen LogP contribution in [0.3, 0.4) is 0 Å². The Kier molecular flexibility index (Phi) is 2.12. The smallest absolute Gasteiger partial charge is 0.419 e. The largest absolute Gasteiger partial charge is 0.480 e. The number of carbonyl (C=O) groups is 1. The maximum absolute atomic E-state index is 11.4. The second kappa shape index (κ2) is 3.46. The molecule has 0 aliphatic carbocycles. The van der Waals surface area contributed by atoms with Gasteiger partial charge in [0.1, 0.15) is 5.41 Å². The highest BCUT2D eigenvalue weighted by molar-refractivity contribution is 5.85. The van der Waals surface area contributed by atoms with Crippen LogP contribution in [0.15, 0.2) is 27.4 Å². The zero-order chi connectivity index (χ0) is 12.9. The first-order chi connectivity index (χ1) is 8.54. The van der Waals surface area contributed by atoms with E-state index in [2.05, 4.69) is 0 Å². The minimum Gasteiger partial charge on any atom is -0.480 e. The number of aryl methyl sites for hydroxylation is 1. The van der Waals surface area contributed by atoms with Gasteiger partial charge in [-0.2, -0.15) is 0 Å². The highest BCUT2D eigenvalue weighted by Gasteiger charge is 2.48. The van der Waals surface area contributed by atoms with Crippen LogP contribution in [0.4, 0.5) is 0 Å². The molecule has 1 aliphatic heterocycles. The fourth-order valence-corrected chi connectivity index (χ4v) is 2.15. The standard InChI is InChI=1S/C12H11NO5/c1-13-8-3-2-7(4-9(8)18-11(13)16)12(10(14)15)5-17-6-12/h2-4H,5-6H2,1H3,(H,14,15). The van der Waals surface area contributed by atoms with Crippen molar-refractivity contribution >= 4 is 17.1 Å². The maximum atomic E-state index is 11.4. The molecule has 6 heteroatoms. The number of hydrogen-bond acceptors (Lipinski definition) is 4. The number of benzene rings is 1. The molecule has 0 saturated carbocycles. The van der Waals surface area contributed by atoms with Gasteiger partial charge in [-0.1, -0.05) is 6.07 Å². The average molecular weight is 249 g/mol. The van der Waals surface area contributed by atoms with Crippen molar-refractivity contribution in [2.24, 2.45) is 7.05 Å². The first-order valence-electron chi connectivity index (χ1n) is 5.46. The Morgan fingerprint density at radius 2 is 2.17 bits per heavy atom. The Balaban J connectivity index is 2.19. The first-order valence-corrected chi connectivity index (χ1v) is 5.46. The fourth-order valence-electron chi connectivity index (χ4n) is 2.15. The zero-order valence-corrected chi connectivity index (χ0v) is 9.67. The zero-order valence-electron chi connectivity index (χ0n) is 9.67. The predicted octanol–water partition coefficient (Wildman–Crippen LogP) is 0.484. The Labute approximate surface area is 101 Å². The number of ether oxygens (including phenoxy) is 1. The summed E-state index contributed by atoms with van der Waals surface area (Å²) in [5.74, 6) is -1.39. The summed E-state index contributed by atoms with van der Waals surface area (Å²) in [5.41, 5.74) is 0.628. The van der Waals surface area contributed by atoms with Crippen LogP contribution in [0.2, 0.25) is 0 Å². The van der Waals surface area contributed by atoms with E-state index in [1.54, 1.807) is 25.2 Å². The van der Waals surface area contributed by atoms with Crippen molar-refractivity contribution in [3.05, 3.63) is 34.3 Å². The van der Waals surface area contributed by atoms with Gasteiger partial charge in [-0.25, -0.2) is 4.79 Å². The lowest BCUT2D eigenvalue weighted by Crippen LogP contribution is -2.53. The van der Waals surface area contributed by atoms with Crippen molar-refractivity contribution in [2.45, 2.75) is 5.41 Å². The van der Waals surface area contributed by atoms with E-state index in [4.69, 9.17) is 9.15 Å². The monoisotopic (exact) mass is 249 g/mol. The molecule has 2 aromatic rings. The molecule has 6 nitrogen and oxygen atoms in total. The molecule has 0 spiro atoms. The van der Waals surface area contributed by atoms with Gasteiger partial charge in [-0.3, -0.25) is 9.36 Å². The minimum atomic E-state index is -1.01. The van der Waals surface area contributed by atoms with Crippen molar-refractivity contribution in [3.63, 3.8) is 0 Å². The molecule has 94 valence electrons. The van der Waals surface area contributed by atoms with Crippen LogP contribution in [0.25, 0.3) is 11.1 Å². The van der Waals surface area contributed by atoms with E-state index >= 15 is 0 Å². The Morgan fingerprint density at radius 3 is 2.72 bits per heavy atom. The molecule has 18 heavy (non-hydrogen) atoms. The average Bonchev–Trinajstić information content (AvgIpc) is 2.52. The Hall–Kier alpha value is -2.08. The summed E-state index contributed by atoms with van der Waals surface area (Å²) < 4.78 is 11.5. The minimum absolute atomic E-state index is 0.144. The summed E-state index contributed by atoms with van der Waals surface area (Å²) in [6.45, 7) is 0.288. The van der Waals surface area contributed by atoms with Crippen LogP contribution in [-0.4, -0.2) is 28.9 Å². The van der Waals surface area contributed by atoms with E-state index in [1.165, 1.54) is 4.57 Å². The van der Waals surface area contributed by atoms with E-state index in [-0.39, 0.29) is 13.2 Å². The van der Waals surface area contributed by atoms with Crippen molar-refractivity contribution in [2.75, 3.05) is 13.2 Å². The normalized spacial score (nSPS) is 17.6. The summed E-state index contributed by atoms with van der Waals surface area (Å²) in [4.78, 5) is 22.7. The summed E-state index contributed by atoms with van der Waals surface area (Å²) in [7, 11) is 1.60. The van der Waals surface area contributed by atoms with Crippen molar-refractivity contribution < 1.29 is 19.1 Å². The second-order valence-electron chi connectivity index (χ2n) is 4.49. The van der Waals surface area contributed by atoms with Gasteiger partial charge < -0.3 is 14.3 Å². The first kappa shape index (κ1) is 11.0. The van der Waals surface area contributed by atoms with E-state index < -0.39 is 17.1 Å². The van der Waals surface area contributed by atoms with Crippen LogP contribution in [0.1, 0.15) is 5.56 Å². The molecule has 1 aromatic carbocycles. The lowest BCUT2D eigenvalue weighted by Gasteiger charge is -2.37. The van der Waals surface area contributed by atoms with Crippen molar-refractivity contribution in [1.29, 1.82) is 0 Å². The fraction of sp³-hybridized carbons (Fsp3) is 0.333. The number of fused-ring (bicyclic) bond motifs is 1. The molecule has 1 aromatic heterocycles.